The van der Waals surface area contributed by atoms with Crippen molar-refractivity contribution in [2.75, 3.05) is 4.90 Å². The first-order chi connectivity index (χ1) is 13.2. The lowest BCUT2D eigenvalue weighted by atomic mass is 10.0. The summed E-state index contributed by atoms with van der Waals surface area (Å²) in [6.07, 6.45) is 0. The number of rotatable bonds is 4. The molecule has 2 heteroatoms. The third-order valence-corrected chi connectivity index (χ3v) is 4.77. The van der Waals surface area contributed by atoms with Crippen LogP contribution in [0.25, 0.3) is 11.1 Å². The van der Waals surface area contributed by atoms with Crippen LogP contribution in [0.15, 0.2) is 103 Å². The first-order valence-corrected chi connectivity index (χ1v) is 9.36. The Morgan fingerprint density at radius 3 is 1.85 bits per heavy atom. The number of benzene rings is 4. The molecule has 0 saturated carbocycles. The first-order valence-electron chi connectivity index (χ1n) is 8.98. The van der Waals surface area contributed by atoms with Gasteiger partial charge >= 0.3 is 0 Å². The first kappa shape index (κ1) is 17.4. The van der Waals surface area contributed by atoms with E-state index >= 15 is 0 Å². The summed E-state index contributed by atoms with van der Waals surface area (Å²) in [5.74, 6) is 0. The van der Waals surface area contributed by atoms with Gasteiger partial charge in [0.25, 0.3) is 0 Å². The molecular weight excluding hydrogens is 350 g/mol. The smallest absolute Gasteiger partial charge is 0.0467 e. The van der Waals surface area contributed by atoms with Crippen molar-refractivity contribution in [3.63, 3.8) is 0 Å². The minimum absolute atomic E-state index is 0.747. The molecule has 0 aromatic heterocycles. The van der Waals surface area contributed by atoms with Crippen molar-refractivity contribution in [3.8, 4) is 11.1 Å². The van der Waals surface area contributed by atoms with Crippen LogP contribution in [-0.2, 0) is 0 Å². The van der Waals surface area contributed by atoms with Gasteiger partial charge in [0.1, 0.15) is 0 Å². The molecule has 0 radical (unpaired) electrons. The van der Waals surface area contributed by atoms with Crippen LogP contribution >= 0.6 is 11.6 Å². The van der Waals surface area contributed by atoms with E-state index < -0.39 is 0 Å². The Kier molecular flexibility index (Phi) is 4.95. The molecule has 0 heterocycles. The zero-order chi connectivity index (χ0) is 18.6. The van der Waals surface area contributed by atoms with Crippen molar-refractivity contribution in [2.45, 2.75) is 6.92 Å². The van der Waals surface area contributed by atoms with E-state index in [1.165, 1.54) is 5.56 Å². The maximum Gasteiger partial charge on any atom is 0.0467 e. The lowest BCUT2D eigenvalue weighted by Crippen LogP contribution is -2.10. The number of nitrogens with zero attached hydrogens (tertiary/aromatic N) is 1. The van der Waals surface area contributed by atoms with E-state index in [1.807, 2.05) is 24.3 Å². The molecule has 0 aliphatic carbocycles. The minimum atomic E-state index is 0.747. The van der Waals surface area contributed by atoms with Crippen LogP contribution < -0.4 is 4.90 Å². The highest BCUT2D eigenvalue weighted by Gasteiger charge is 2.13. The summed E-state index contributed by atoms with van der Waals surface area (Å²) < 4.78 is 0. The van der Waals surface area contributed by atoms with Gasteiger partial charge in [0.05, 0.1) is 0 Å². The average Bonchev–Trinajstić information content (AvgIpc) is 2.69. The van der Waals surface area contributed by atoms with E-state index in [0.29, 0.717) is 0 Å². The molecule has 0 atom stereocenters. The Morgan fingerprint density at radius 1 is 0.556 bits per heavy atom. The summed E-state index contributed by atoms with van der Waals surface area (Å²) in [4.78, 5) is 2.28. The zero-order valence-electron chi connectivity index (χ0n) is 15.1. The predicted molar refractivity (Wildman–Crippen MR) is 116 cm³/mol. The molecule has 0 amide bonds. The minimum Gasteiger partial charge on any atom is -0.310 e. The van der Waals surface area contributed by atoms with Gasteiger partial charge in [0.15, 0.2) is 0 Å². The fourth-order valence-electron chi connectivity index (χ4n) is 3.28. The summed E-state index contributed by atoms with van der Waals surface area (Å²) in [5.41, 5.74) is 6.88. The van der Waals surface area contributed by atoms with Crippen molar-refractivity contribution in [3.05, 3.63) is 114 Å². The highest BCUT2D eigenvalue weighted by Crippen LogP contribution is 2.36. The average molecular weight is 370 g/mol. The molecule has 0 unspecified atom stereocenters. The van der Waals surface area contributed by atoms with Crippen molar-refractivity contribution >= 4 is 28.7 Å². The van der Waals surface area contributed by atoms with Crippen LogP contribution in [0.1, 0.15) is 5.56 Å². The highest BCUT2D eigenvalue weighted by atomic mass is 35.5. The molecule has 132 valence electrons. The summed E-state index contributed by atoms with van der Waals surface area (Å²) >= 11 is 6.20. The lowest BCUT2D eigenvalue weighted by Gasteiger charge is -2.26. The van der Waals surface area contributed by atoms with E-state index in [0.717, 1.165) is 33.2 Å². The van der Waals surface area contributed by atoms with Gasteiger partial charge in [-0.25, -0.2) is 0 Å². The Balaban J connectivity index is 1.85. The largest absolute Gasteiger partial charge is 0.310 e. The second kappa shape index (κ2) is 7.69. The van der Waals surface area contributed by atoms with Crippen LogP contribution in [-0.4, -0.2) is 0 Å². The number of hydrogen-bond acceptors (Lipinski definition) is 1. The van der Waals surface area contributed by atoms with Gasteiger partial charge < -0.3 is 4.90 Å². The van der Waals surface area contributed by atoms with Crippen LogP contribution in [0.5, 0.6) is 0 Å². The van der Waals surface area contributed by atoms with Crippen LogP contribution in [0.3, 0.4) is 0 Å². The summed E-state index contributed by atoms with van der Waals surface area (Å²) in [5, 5.41) is 0.747. The number of anilines is 3. The normalized spacial score (nSPS) is 10.6. The Bertz CT molecular complexity index is 1060. The van der Waals surface area contributed by atoms with E-state index in [4.69, 9.17) is 11.6 Å². The van der Waals surface area contributed by atoms with E-state index in [2.05, 4.69) is 90.7 Å². The SMILES string of the molecule is Cc1cccc(N(c2ccccc2)c2cccc(-c3cccc(Cl)c3)c2)c1. The second-order valence-corrected chi connectivity index (χ2v) is 7.01. The van der Waals surface area contributed by atoms with Gasteiger partial charge in [0, 0.05) is 22.1 Å². The Hall–Kier alpha value is -3.03. The third kappa shape index (κ3) is 3.89. The molecule has 4 aromatic rings. The van der Waals surface area contributed by atoms with Crippen LogP contribution in [0.2, 0.25) is 5.02 Å². The Labute approximate surface area is 165 Å². The van der Waals surface area contributed by atoms with Gasteiger partial charge in [-0.3, -0.25) is 0 Å². The maximum absolute atomic E-state index is 6.20. The third-order valence-electron chi connectivity index (χ3n) is 4.54. The van der Waals surface area contributed by atoms with Crippen molar-refractivity contribution in [2.24, 2.45) is 0 Å². The topological polar surface area (TPSA) is 3.24 Å². The van der Waals surface area contributed by atoms with Gasteiger partial charge in [-0.05, 0) is 72.1 Å². The predicted octanol–water partition coefficient (Wildman–Crippen LogP) is 7.79. The van der Waals surface area contributed by atoms with E-state index in [9.17, 15) is 0 Å². The molecule has 0 fully saturated rings. The molecule has 27 heavy (non-hydrogen) atoms. The molecule has 4 rings (SSSR count). The number of aryl methyl sites for hydroxylation is 1. The highest BCUT2D eigenvalue weighted by molar-refractivity contribution is 6.30. The molecule has 0 N–H and O–H groups in total. The quantitative estimate of drug-likeness (QED) is 0.355. The maximum atomic E-state index is 6.20. The monoisotopic (exact) mass is 369 g/mol. The zero-order valence-corrected chi connectivity index (χ0v) is 15.9. The lowest BCUT2D eigenvalue weighted by molar-refractivity contribution is 1.27. The fourth-order valence-corrected chi connectivity index (χ4v) is 3.47. The molecule has 0 spiro atoms. The standard InChI is InChI=1S/C25H20ClN/c1-19-8-5-14-24(16-19)27(23-12-3-2-4-13-23)25-15-7-10-21(18-25)20-9-6-11-22(26)17-20/h2-18H,1H3. The van der Waals surface area contributed by atoms with Crippen LogP contribution in [0, 0.1) is 6.92 Å². The number of hydrogen-bond donors (Lipinski definition) is 0. The molecule has 0 saturated heterocycles. The van der Waals surface area contributed by atoms with Crippen molar-refractivity contribution in [1.82, 2.24) is 0 Å². The molecule has 0 aliphatic rings. The fraction of sp³-hybridized carbons (Fsp3) is 0.0400. The van der Waals surface area contributed by atoms with Gasteiger partial charge in [0.2, 0.25) is 0 Å². The van der Waals surface area contributed by atoms with E-state index in [1.54, 1.807) is 0 Å². The van der Waals surface area contributed by atoms with Gasteiger partial charge in [-0.15, -0.1) is 0 Å². The number of para-hydroxylation sites is 1. The molecule has 4 aromatic carbocycles. The molecule has 0 aliphatic heterocycles. The van der Waals surface area contributed by atoms with Gasteiger partial charge in [-0.1, -0.05) is 66.2 Å². The van der Waals surface area contributed by atoms with Crippen molar-refractivity contribution in [1.29, 1.82) is 0 Å². The number of halogens is 1. The Morgan fingerprint density at radius 2 is 1.15 bits per heavy atom. The van der Waals surface area contributed by atoms with Gasteiger partial charge in [-0.2, -0.15) is 0 Å². The second-order valence-electron chi connectivity index (χ2n) is 6.57. The van der Waals surface area contributed by atoms with Crippen molar-refractivity contribution < 1.29 is 0 Å². The summed E-state index contributed by atoms with van der Waals surface area (Å²) in [6, 6.07) is 35.6. The molecular formula is C25H20ClN. The summed E-state index contributed by atoms with van der Waals surface area (Å²) in [7, 11) is 0. The molecule has 1 nitrogen and oxygen atoms in total. The molecule has 0 bridgehead atoms. The van der Waals surface area contributed by atoms with E-state index in [-0.39, 0.29) is 0 Å². The summed E-state index contributed by atoms with van der Waals surface area (Å²) in [6.45, 7) is 2.12. The van der Waals surface area contributed by atoms with Crippen LogP contribution in [0.4, 0.5) is 17.1 Å².